The number of anilines is 2. The van der Waals surface area contributed by atoms with E-state index in [0.717, 1.165) is 0 Å². The van der Waals surface area contributed by atoms with E-state index in [1.807, 2.05) is 0 Å². The Morgan fingerprint density at radius 3 is 2.52 bits per heavy atom. The average Bonchev–Trinajstić information content (AvgIpc) is 2.37. The molecule has 0 aliphatic rings. The number of rotatable bonds is 4. The zero-order valence-electron chi connectivity index (χ0n) is 11.2. The fraction of sp³-hybridized carbons (Fsp3) is 0.0667. The second kappa shape index (κ2) is 5.97. The van der Waals surface area contributed by atoms with E-state index in [-0.39, 0.29) is 5.56 Å². The normalized spacial score (nSPS) is 10.2. The van der Waals surface area contributed by atoms with Crippen molar-refractivity contribution in [1.82, 2.24) is 0 Å². The minimum Gasteiger partial charge on any atom is -0.478 e. The first-order valence-corrected chi connectivity index (χ1v) is 6.88. The Hall–Kier alpha value is -2.34. The molecule has 2 aromatic rings. The van der Waals surface area contributed by atoms with Crippen LogP contribution in [0.4, 0.5) is 11.4 Å². The van der Waals surface area contributed by atoms with Gasteiger partial charge < -0.3 is 16.2 Å². The number of carboxylic acids is 1. The highest BCUT2D eigenvalue weighted by atomic mass is 79.9. The van der Waals surface area contributed by atoms with Gasteiger partial charge in [-0.1, -0.05) is 6.07 Å². The molecule has 0 spiro atoms. The van der Waals surface area contributed by atoms with Crippen molar-refractivity contribution in [2.45, 2.75) is 6.92 Å². The van der Waals surface area contributed by atoms with E-state index < -0.39 is 11.9 Å². The summed E-state index contributed by atoms with van der Waals surface area (Å²) in [6.45, 7) is 1.71. The smallest absolute Gasteiger partial charge is 0.335 e. The first-order chi connectivity index (χ1) is 9.90. The maximum absolute atomic E-state index is 11.5. The van der Waals surface area contributed by atoms with Gasteiger partial charge in [0.1, 0.15) is 0 Å². The van der Waals surface area contributed by atoms with Crippen molar-refractivity contribution in [1.29, 1.82) is 0 Å². The molecule has 0 saturated carbocycles. The van der Waals surface area contributed by atoms with Gasteiger partial charge in [-0.2, -0.15) is 0 Å². The van der Waals surface area contributed by atoms with E-state index in [4.69, 9.17) is 10.8 Å². The third-order valence-electron chi connectivity index (χ3n) is 3.00. The number of halogens is 1. The van der Waals surface area contributed by atoms with Crippen molar-refractivity contribution in [3.8, 4) is 0 Å². The van der Waals surface area contributed by atoms with E-state index in [0.29, 0.717) is 27.0 Å². The van der Waals surface area contributed by atoms with Crippen LogP contribution in [-0.2, 0) is 0 Å². The van der Waals surface area contributed by atoms with Crippen LogP contribution in [0.1, 0.15) is 26.3 Å². The molecular formula is C15H13BrN2O3. The van der Waals surface area contributed by atoms with Gasteiger partial charge in [-0.25, -0.2) is 4.79 Å². The highest BCUT2D eigenvalue weighted by Crippen LogP contribution is 2.28. The SMILES string of the molecule is Cc1cc(Nc2cccc(Br)c2C(N)=O)ccc1C(=O)O. The molecule has 2 rings (SSSR count). The lowest BCUT2D eigenvalue weighted by Gasteiger charge is -2.12. The number of primary amides is 1. The summed E-state index contributed by atoms with van der Waals surface area (Å²) in [5.41, 5.74) is 7.82. The predicted octanol–water partition coefficient (Wildman–Crippen LogP) is 3.30. The van der Waals surface area contributed by atoms with Crippen LogP contribution in [0.25, 0.3) is 0 Å². The first-order valence-electron chi connectivity index (χ1n) is 6.09. The molecule has 21 heavy (non-hydrogen) atoms. The summed E-state index contributed by atoms with van der Waals surface area (Å²) >= 11 is 3.29. The second-order valence-corrected chi connectivity index (χ2v) is 5.34. The molecule has 0 bridgehead atoms. The number of nitrogens with one attached hydrogen (secondary N) is 1. The Kier molecular flexibility index (Phi) is 4.28. The summed E-state index contributed by atoms with van der Waals surface area (Å²) in [6.07, 6.45) is 0. The third kappa shape index (κ3) is 3.22. The van der Waals surface area contributed by atoms with Crippen LogP contribution >= 0.6 is 15.9 Å². The highest BCUT2D eigenvalue weighted by molar-refractivity contribution is 9.10. The van der Waals surface area contributed by atoms with E-state index in [1.165, 1.54) is 6.07 Å². The van der Waals surface area contributed by atoms with Crippen molar-refractivity contribution in [2.75, 3.05) is 5.32 Å². The Balaban J connectivity index is 2.39. The molecule has 0 fully saturated rings. The molecule has 4 N–H and O–H groups in total. The monoisotopic (exact) mass is 348 g/mol. The van der Waals surface area contributed by atoms with Gasteiger partial charge in [-0.3, -0.25) is 4.79 Å². The van der Waals surface area contributed by atoms with Crippen LogP contribution in [0.15, 0.2) is 40.9 Å². The summed E-state index contributed by atoms with van der Waals surface area (Å²) in [4.78, 5) is 22.5. The number of nitrogens with two attached hydrogens (primary N) is 1. The molecule has 0 unspecified atom stereocenters. The Morgan fingerprint density at radius 2 is 1.95 bits per heavy atom. The lowest BCUT2D eigenvalue weighted by molar-refractivity contribution is 0.0696. The lowest BCUT2D eigenvalue weighted by Crippen LogP contribution is -2.14. The molecule has 6 heteroatoms. The van der Waals surface area contributed by atoms with Crippen molar-refractivity contribution in [3.05, 3.63) is 57.6 Å². The number of carbonyl (C=O) groups excluding carboxylic acids is 1. The zero-order chi connectivity index (χ0) is 15.6. The van der Waals surface area contributed by atoms with Crippen LogP contribution < -0.4 is 11.1 Å². The van der Waals surface area contributed by atoms with Crippen molar-refractivity contribution in [3.63, 3.8) is 0 Å². The first kappa shape index (κ1) is 15.1. The summed E-state index contributed by atoms with van der Waals surface area (Å²) in [6, 6.07) is 10.1. The Labute approximate surface area is 129 Å². The third-order valence-corrected chi connectivity index (χ3v) is 3.66. The highest BCUT2D eigenvalue weighted by Gasteiger charge is 2.13. The van der Waals surface area contributed by atoms with Gasteiger partial charge in [0.15, 0.2) is 0 Å². The van der Waals surface area contributed by atoms with Crippen molar-refractivity contribution < 1.29 is 14.7 Å². The fourth-order valence-electron chi connectivity index (χ4n) is 2.02. The second-order valence-electron chi connectivity index (χ2n) is 4.49. The number of amides is 1. The predicted molar refractivity (Wildman–Crippen MR) is 84.1 cm³/mol. The van der Waals surface area contributed by atoms with Crippen LogP contribution in [0, 0.1) is 6.92 Å². The van der Waals surface area contributed by atoms with E-state index in [2.05, 4.69) is 21.2 Å². The molecular weight excluding hydrogens is 336 g/mol. The van der Waals surface area contributed by atoms with Crippen LogP contribution in [0.3, 0.4) is 0 Å². The minimum atomic E-state index is -0.973. The number of carboxylic acid groups (broad SMARTS) is 1. The molecule has 0 aliphatic heterocycles. The average molecular weight is 349 g/mol. The Bertz CT molecular complexity index is 729. The molecule has 108 valence electrons. The van der Waals surface area contributed by atoms with Gasteiger partial charge in [-0.15, -0.1) is 0 Å². The topological polar surface area (TPSA) is 92.4 Å². The van der Waals surface area contributed by atoms with Gasteiger partial charge >= 0.3 is 5.97 Å². The standard InChI is InChI=1S/C15H13BrN2O3/c1-8-7-9(5-6-10(8)15(20)21)18-12-4-2-3-11(16)13(12)14(17)19/h2-7,18H,1H3,(H2,17,19)(H,20,21). The number of aryl methyl sites for hydroxylation is 1. The van der Waals surface area contributed by atoms with E-state index >= 15 is 0 Å². The van der Waals surface area contributed by atoms with Crippen LogP contribution in [0.5, 0.6) is 0 Å². The molecule has 0 atom stereocenters. The maximum atomic E-state index is 11.5. The van der Waals surface area contributed by atoms with E-state index in [9.17, 15) is 9.59 Å². The minimum absolute atomic E-state index is 0.241. The van der Waals surface area contributed by atoms with Crippen LogP contribution in [0.2, 0.25) is 0 Å². The molecule has 0 aliphatic carbocycles. The largest absolute Gasteiger partial charge is 0.478 e. The zero-order valence-corrected chi connectivity index (χ0v) is 12.8. The number of carbonyl (C=O) groups is 2. The summed E-state index contributed by atoms with van der Waals surface area (Å²) in [5, 5.41) is 12.1. The molecule has 0 saturated heterocycles. The molecule has 1 amide bonds. The summed E-state index contributed by atoms with van der Waals surface area (Å²) in [7, 11) is 0. The van der Waals surface area contributed by atoms with Crippen LogP contribution in [-0.4, -0.2) is 17.0 Å². The fourth-order valence-corrected chi connectivity index (χ4v) is 2.58. The van der Waals surface area contributed by atoms with Gasteiger partial charge in [-0.05, 0) is 58.7 Å². The summed E-state index contributed by atoms with van der Waals surface area (Å²) in [5.74, 6) is -1.52. The lowest BCUT2D eigenvalue weighted by atomic mass is 10.1. The molecule has 0 heterocycles. The quantitative estimate of drug-likeness (QED) is 0.790. The summed E-state index contributed by atoms with van der Waals surface area (Å²) < 4.78 is 0.596. The number of aromatic carboxylic acids is 1. The number of hydrogen-bond donors (Lipinski definition) is 3. The van der Waals surface area contributed by atoms with Gasteiger partial charge in [0, 0.05) is 10.2 Å². The van der Waals surface area contributed by atoms with Crippen molar-refractivity contribution in [2.24, 2.45) is 5.73 Å². The number of benzene rings is 2. The number of hydrogen-bond acceptors (Lipinski definition) is 3. The van der Waals surface area contributed by atoms with Gasteiger partial charge in [0.25, 0.3) is 5.91 Å². The molecule has 2 aromatic carbocycles. The van der Waals surface area contributed by atoms with E-state index in [1.54, 1.807) is 37.3 Å². The maximum Gasteiger partial charge on any atom is 0.335 e. The van der Waals surface area contributed by atoms with Gasteiger partial charge in [0.05, 0.1) is 16.8 Å². The van der Waals surface area contributed by atoms with Gasteiger partial charge in [0.2, 0.25) is 0 Å². The van der Waals surface area contributed by atoms with Crippen molar-refractivity contribution >= 4 is 39.2 Å². The molecule has 5 nitrogen and oxygen atoms in total. The molecule has 0 aromatic heterocycles. The molecule has 0 radical (unpaired) electrons. The Morgan fingerprint density at radius 1 is 1.24 bits per heavy atom.